The van der Waals surface area contributed by atoms with E-state index in [1.54, 1.807) is 18.2 Å². The number of sulfonamides is 1. The minimum atomic E-state index is -3.59. The lowest BCUT2D eigenvalue weighted by molar-refractivity contribution is -0.116. The number of nitrogens with zero attached hydrogens (tertiary/aromatic N) is 2. The monoisotopic (exact) mass is 430 g/mol. The van der Waals surface area contributed by atoms with Crippen LogP contribution in [0.4, 0.5) is 5.69 Å². The topological polar surface area (TPSA) is 81.8 Å². The van der Waals surface area contributed by atoms with Gasteiger partial charge in [0.2, 0.25) is 15.9 Å². The fourth-order valence-corrected chi connectivity index (χ4v) is 4.47. The van der Waals surface area contributed by atoms with Crippen molar-refractivity contribution in [2.24, 2.45) is 0 Å². The highest BCUT2D eigenvalue weighted by molar-refractivity contribution is 7.89. The molecule has 0 saturated carbocycles. The highest BCUT2D eigenvalue weighted by atomic mass is 32.2. The van der Waals surface area contributed by atoms with Gasteiger partial charge >= 0.3 is 0 Å². The summed E-state index contributed by atoms with van der Waals surface area (Å²) in [5.74, 6) is -0.228. The number of carbonyl (C=O) groups excluding carboxylic acids is 1. The molecule has 2 aromatic carbocycles. The van der Waals surface area contributed by atoms with Gasteiger partial charge in [0.15, 0.2) is 0 Å². The summed E-state index contributed by atoms with van der Waals surface area (Å²) in [7, 11) is -3.59. The number of hydrogen-bond donors (Lipinski definition) is 2. The van der Waals surface area contributed by atoms with E-state index in [0.717, 1.165) is 39.3 Å². The number of nitrogens with one attached hydrogen (secondary N) is 2. The molecule has 1 amide bonds. The molecule has 0 aromatic heterocycles. The molecule has 30 heavy (non-hydrogen) atoms. The van der Waals surface area contributed by atoms with E-state index in [0.29, 0.717) is 5.69 Å². The van der Waals surface area contributed by atoms with Crippen LogP contribution in [-0.4, -0.2) is 63.4 Å². The maximum absolute atomic E-state index is 12.2. The van der Waals surface area contributed by atoms with Crippen molar-refractivity contribution in [1.82, 2.24) is 14.5 Å². The summed E-state index contributed by atoms with van der Waals surface area (Å²) in [6.07, 6.45) is 0.0650. The normalized spacial score (nSPS) is 15.8. The van der Waals surface area contributed by atoms with E-state index in [1.165, 1.54) is 17.7 Å². The third kappa shape index (κ3) is 6.63. The zero-order valence-electron chi connectivity index (χ0n) is 17.4. The lowest BCUT2D eigenvalue weighted by Crippen LogP contribution is -2.45. The third-order valence-electron chi connectivity index (χ3n) is 5.25. The summed E-state index contributed by atoms with van der Waals surface area (Å²) in [5.41, 5.74) is 1.93. The van der Waals surface area contributed by atoms with Crippen LogP contribution >= 0.6 is 0 Å². The van der Waals surface area contributed by atoms with Gasteiger partial charge in [0.25, 0.3) is 0 Å². The van der Waals surface area contributed by atoms with Gasteiger partial charge in [-0.2, -0.15) is 0 Å². The van der Waals surface area contributed by atoms with Crippen molar-refractivity contribution in [3.63, 3.8) is 0 Å². The predicted molar refractivity (Wildman–Crippen MR) is 119 cm³/mol. The molecule has 1 fully saturated rings. The Kier molecular flexibility index (Phi) is 7.98. The van der Waals surface area contributed by atoms with E-state index in [9.17, 15) is 13.2 Å². The van der Waals surface area contributed by atoms with Gasteiger partial charge in [0.1, 0.15) is 0 Å². The van der Waals surface area contributed by atoms with Crippen molar-refractivity contribution in [3.8, 4) is 0 Å². The molecule has 2 N–H and O–H groups in total. The van der Waals surface area contributed by atoms with Gasteiger partial charge in [-0.25, -0.2) is 13.1 Å². The Labute approximate surface area is 179 Å². The average Bonchev–Trinajstić information content (AvgIpc) is 2.76. The van der Waals surface area contributed by atoms with Crippen LogP contribution in [0.15, 0.2) is 59.5 Å². The first-order valence-electron chi connectivity index (χ1n) is 10.3. The number of likely N-dealkylation sites (N-methyl/N-ethyl adjacent to an activating group) is 1. The summed E-state index contributed by atoms with van der Waals surface area (Å²) in [5, 5.41) is 2.82. The van der Waals surface area contributed by atoms with Crippen LogP contribution in [-0.2, 0) is 21.4 Å². The Morgan fingerprint density at radius 3 is 2.20 bits per heavy atom. The predicted octanol–water partition coefficient (Wildman–Crippen LogP) is 2.13. The zero-order valence-corrected chi connectivity index (χ0v) is 18.2. The smallest absolute Gasteiger partial charge is 0.240 e. The van der Waals surface area contributed by atoms with Crippen molar-refractivity contribution in [1.29, 1.82) is 0 Å². The molecule has 0 spiro atoms. The van der Waals surface area contributed by atoms with Crippen LogP contribution < -0.4 is 10.0 Å². The molecule has 3 rings (SSSR count). The molecular weight excluding hydrogens is 400 g/mol. The first-order valence-corrected chi connectivity index (χ1v) is 11.8. The van der Waals surface area contributed by atoms with Crippen LogP contribution in [0.2, 0.25) is 0 Å². The fraction of sp³-hybridized carbons (Fsp3) is 0.409. The van der Waals surface area contributed by atoms with Crippen LogP contribution in [0.1, 0.15) is 18.9 Å². The molecule has 162 valence electrons. The molecule has 1 aliphatic heterocycles. The molecule has 2 aromatic rings. The van der Waals surface area contributed by atoms with Gasteiger partial charge in [-0.3, -0.25) is 9.69 Å². The first-order chi connectivity index (χ1) is 14.5. The molecule has 0 radical (unpaired) electrons. The summed E-state index contributed by atoms with van der Waals surface area (Å²) < 4.78 is 26.8. The number of rotatable bonds is 9. The minimum Gasteiger partial charge on any atom is -0.326 e. The number of hydrogen-bond acceptors (Lipinski definition) is 5. The number of carbonyl (C=O) groups is 1. The van der Waals surface area contributed by atoms with E-state index in [-0.39, 0.29) is 23.8 Å². The summed E-state index contributed by atoms with van der Waals surface area (Å²) in [6.45, 7) is 8.63. The second kappa shape index (κ2) is 10.7. The second-order valence-electron chi connectivity index (χ2n) is 7.42. The van der Waals surface area contributed by atoms with Crippen LogP contribution in [0.3, 0.4) is 0 Å². The molecule has 7 nitrogen and oxygen atoms in total. The molecule has 0 bridgehead atoms. The van der Waals surface area contributed by atoms with Gasteiger partial charge in [-0.1, -0.05) is 37.3 Å². The van der Waals surface area contributed by atoms with Crippen LogP contribution in [0.5, 0.6) is 0 Å². The lowest BCUT2D eigenvalue weighted by Gasteiger charge is -2.34. The van der Waals surface area contributed by atoms with Crippen LogP contribution in [0.25, 0.3) is 0 Å². The molecule has 8 heteroatoms. The Morgan fingerprint density at radius 2 is 1.57 bits per heavy atom. The van der Waals surface area contributed by atoms with E-state index in [2.05, 4.69) is 26.8 Å². The van der Waals surface area contributed by atoms with Crippen LogP contribution in [0, 0.1) is 0 Å². The van der Waals surface area contributed by atoms with Gasteiger partial charge < -0.3 is 10.2 Å². The van der Waals surface area contributed by atoms with E-state index >= 15 is 0 Å². The Hall–Kier alpha value is -2.26. The number of piperazine rings is 1. The number of benzene rings is 2. The molecule has 1 aliphatic rings. The van der Waals surface area contributed by atoms with Gasteiger partial charge in [0.05, 0.1) is 4.90 Å². The van der Waals surface area contributed by atoms with Gasteiger partial charge in [-0.05, 0) is 36.4 Å². The average molecular weight is 431 g/mol. The van der Waals surface area contributed by atoms with Crippen molar-refractivity contribution >= 4 is 21.6 Å². The maximum Gasteiger partial charge on any atom is 0.240 e. The van der Waals surface area contributed by atoms with Crippen molar-refractivity contribution < 1.29 is 13.2 Å². The minimum absolute atomic E-state index is 0.0465. The summed E-state index contributed by atoms with van der Waals surface area (Å²) >= 11 is 0. The summed E-state index contributed by atoms with van der Waals surface area (Å²) in [4.78, 5) is 17.2. The lowest BCUT2D eigenvalue weighted by atomic mass is 10.1. The third-order valence-corrected chi connectivity index (χ3v) is 6.73. The SMILES string of the molecule is CCN1CCN(Cc2ccc(NC(=O)CCNS(=O)(=O)c3ccccc3)cc2)CC1. The second-order valence-corrected chi connectivity index (χ2v) is 9.18. The maximum atomic E-state index is 12.2. The fourth-order valence-electron chi connectivity index (χ4n) is 3.42. The molecule has 1 heterocycles. The van der Waals surface area contributed by atoms with Crippen molar-refractivity contribution in [3.05, 3.63) is 60.2 Å². The first kappa shape index (κ1) is 22.4. The molecule has 1 saturated heterocycles. The Bertz CT molecular complexity index is 909. The number of amides is 1. The standard InChI is InChI=1S/C22H30N4O3S/c1-2-25-14-16-26(17-15-25)18-19-8-10-20(11-9-19)24-22(27)12-13-23-30(28,29)21-6-4-3-5-7-21/h3-11,23H,2,12-18H2,1H3,(H,24,27). The Balaban J connectivity index is 1.41. The quantitative estimate of drug-likeness (QED) is 0.637. The Morgan fingerprint density at radius 1 is 0.933 bits per heavy atom. The number of anilines is 1. The summed E-state index contributed by atoms with van der Waals surface area (Å²) in [6, 6.07) is 16.0. The van der Waals surface area contributed by atoms with E-state index in [1.807, 2.05) is 24.3 Å². The zero-order chi connectivity index (χ0) is 21.4. The van der Waals surface area contributed by atoms with Gasteiger partial charge in [0, 0.05) is 51.4 Å². The van der Waals surface area contributed by atoms with E-state index in [4.69, 9.17) is 0 Å². The van der Waals surface area contributed by atoms with Gasteiger partial charge in [-0.15, -0.1) is 0 Å². The van der Waals surface area contributed by atoms with E-state index < -0.39 is 10.0 Å². The highest BCUT2D eigenvalue weighted by Gasteiger charge is 2.16. The van der Waals surface area contributed by atoms with Crippen molar-refractivity contribution in [2.75, 3.05) is 44.6 Å². The molecule has 0 atom stereocenters. The molecule has 0 aliphatic carbocycles. The largest absolute Gasteiger partial charge is 0.326 e. The highest BCUT2D eigenvalue weighted by Crippen LogP contribution is 2.13. The van der Waals surface area contributed by atoms with Crippen molar-refractivity contribution in [2.45, 2.75) is 24.8 Å². The molecule has 0 unspecified atom stereocenters. The molecular formula is C22H30N4O3S.